The average molecular weight is 222 g/mol. The zero-order valence-electron chi connectivity index (χ0n) is 9.61. The largest absolute Gasteiger partial charge is 0.381 e. The number of aromatic amines is 1. The van der Waals surface area contributed by atoms with E-state index in [0.29, 0.717) is 11.8 Å². The van der Waals surface area contributed by atoms with Gasteiger partial charge in [0.2, 0.25) is 0 Å². The lowest BCUT2D eigenvalue weighted by Crippen LogP contribution is -2.36. The number of nitrogens with zero attached hydrogens (tertiary/aromatic N) is 1. The minimum absolute atomic E-state index is 0.424. The third-order valence-corrected chi connectivity index (χ3v) is 3.17. The summed E-state index contributed by atoms with van der Waals surface area (Å²) in [5.41, 5.74) is 1.83. The number of hydrogen-bond donors (Lipinski definition) is 1. The van der Waals surface area contributed by atoms with Crippen LogP contribution < -0.4 is 0 Å². The Hall–Kier alpha value is -1.13. The van der Waals surface area contributed by atoms with Crippen molar-refractivity contribution in [3.8, 4) is 0 Å². The Morgan fingerprint density at radius 3 is 2.88 bits per heavy atom. The van der Waals surface area contributed by atoms with E-state index in [0.717, 1.165) is 38.8 Å². The number of carbonyl (C=O) groups is 1. The fraction of sp³-hybridized carbons (Fsp3) is 0.583. The van der Waals surface area contributed by atoms with Crippen molar-refractivity contribution < 1.29 is 9.53 Å². The van der Waals surface area contributed by atoms with Gasteiger partial charge in [0.15, 0.2) is 6.29 Å². The molecule has 4 heteroatoms. The van der Waals surface area contributed by atoms with Gasteiger partial charge in [-0.1, -0.05) is 0 Å². The highest BCUT2D eigenvalue weighted by atomic mass is 16.5. The lowest BCUT2D eigenvalue weighted by Gasteiger charge is -2.30. The fourth-order valence-corrected chi connectivity index (χ4v) is 2.18. The molecule has 0 bridgehead atoms. The topological polar surface area (TPSA) is 45.3 Å². The summed E-state index contributed by atoms with van der Waals surface area (Å²) in [7, 11) is 1.78. The number of piperidine rings is 1. The second kappa shape index (κ2) is 5.27. The van der Waals surface area contributed by atoms with Crippen molar-refractivity contribution in [3.63, 3.8) is 0 Å². The van der Waals surface area contributed by atoms with E-state index >= 15 is 0 Å². The molecule has 1 aromatic rings. The van der Waals surface area contributed by atoms with Crippen LogP contribution in [0, 0.1) is 0 Å². The number of H-pyrrole nitrogens is 1. The number of methoxy groups -OCH3 is 1. The van der Waals surface area contributed by atoms with Crippen molar-refractivity contribution in [3.05, 3.63) is 23.5 Å². The first-order chi connectivity index (χ1) is 7.81. The van der Waals surface area contributed by atoms with E-state index in [1.807, 2.05) is 12.3 Å². The summed E-state index contributed by atoms with van der Waals surface area (Å²) in [5, 5.41) is 0. The van der Waals surface area contributed by atoms with Crippen molar-refractivity contribution >= 4 is 6.29 Å². The molecule has 88 valence electrons. The molecule has 0 spiro atoms. The molecule has 0 aromatic carbocycles. The van der Waals surface area contributed by atoms with E-state index < -0.39 is 0 Å². The van der Waals surface area contributed by atoms with Crippen molar-refractivity contribution in [2.24, 2.45) is 0 Å². The third kappa shape index (κ3) is 2.71. The van der Waals surface area contributed by atoms with Crippen LogP contribution in [0.25, 0.3) is 0 Å². The molecule has 0 amide bonds. The molecule has 16 heavy (non-hydrogen) atoms. The number of aromatic nitrogens is 1. The van der Waals surface area contributed by atoms with Crippen LogP contribution in [0.15, 0.2) is 12.3 Å². The van der Waals surface area contributed by atoms with Crippen LogP contribution in [0.1, 0.15) is 28.9 Å². The number of rotatable bonds is 4. The van der Waals surface area contributed by atoms with Crippen molar-refractivity contribution in [1.29, 1.82) is 0 Å². The summed E-state index contributed by atoms with van der Waals surface area (Å²) in [6.07, 6.45) is 5.38. The Balaban J connectivity index is 1.84. The third-order valence-electron chi connectivity index (χ3n) is 3.17. The molecule has 2 heterocycles. The summed E-state index contributed by atoms with van der Waals surface area (Å²) < 4.78 is 5.33. The zero-order valence-corrected chi connectivity index (χ0v) is 9.61. The van der Waals surface area contributed by atoms with E-state index in [-0.39, 0.29) is 0 Å². The van der Waals surface area contributed by atoms with Crippen LogP contribution >= 0.6 is 0 Å². The molecule has 0 aliphatic carbocycles. The first kappa shape index (κ1) is 11.4. The Kier molecular flexibility index (Phi) is 3.74. The van der Waals surface area contributed by atoms with E-state index in [1.165, 1.54) is 5.56 Å². The summed E-state index contributed by atoms with van der Waals surface area (Å²) in [5.74, 6) is 0. The predicted molar refractivity (Wildman–Crippen MR) is 61.5 cm³/mol. The maximum Gasteiger partial charge on any atom is 0.166 e. The molecule has 0 radical (unpaired) electrons. The normalized spacial score (nSPS) is 18.8. The van der Waals surface area contributed by atoms with Gasteiger partial charge in [-0.15, -0.1) is 0 Å². The average Bonchev–Trinajstić information content (AvgIpc) is 2.78. The number of likely N-dealkylation sites (tertiary alicyclic amines) is 1. The molecular formula is C12H18N2O2. The van der Waals surface area contributed by atoms with Gasteiger partial charge >= 0.3 is 0 Å². The quantitative estimate of drug-likeness (QED) is 0.784. The standard InChI is InChI=1S/C12H18N2O2/c1-16-12-2-4-14(5-3-12)8-10-6-11(9-15)13-7-10/h6-7,9,12-13H,2-5,8H2,1H3. The molecule has 1 saturated heterocycles. The molecule has 0 saturated carbocycles. The van der Waals surface area contributed by atoms with E-state index in [9.17, 15) is 4.79 Å². The summed E-state index contributed by atoms with van der Waals surface area (Å²) >= 11 is 0. The summed E-state index contributed by atoms with van der Waals surface area (Å²) in [6.45, 7) is 3.06. The maximum absolute atomic E-state index is 10.5. The van der Waals surface area contributed by atoms with Gasteiger partial charge in [-0.05, 0) is 24.5 Å². The first-order valence-electron chi connectivity index (χ1n) is 5.69. The van der Waals surface area contributed by atoms with Gasteiger partial charge in [-0.2, -0.15) is 0 Å². The Labute approximate surface area is 95.6 Å². The van der Waals surface area contributed by atoms with Gasteiger partial charge < -0.3 is 9.72 Å². The SMILES string of the molecule is COC1CCN(Cc2c[nH]c(C=O)c2)CC1. The highest BCUT2D eigenvalue weighted by Gasteiger charge is 2.18. The van der Waals surface area contributed by atoms with Crippen molar-refractivity contribution in [1.82, 2.24) is 9.88 Å². The maximum atomic E-state index is 10.5. The Bertz CT molecular complexity index is 341. The second-order valence-corrected chi connectivity index (χ2v) is 4.29. The van der Waals surface area contributed by atoms with Gasteiger partial charge in [0.25, 0.3) is 0 Å². The Morgan fingerprint density at radius 2 is 2.31 bits per heavy atom. The minimum Gasteiger partial charge on any atom is -0.381 e. The Morgan fingerprint density at radius 1 is 1.56 bits per heavy atom. The van der Waals surface area contributed by atoms with Crippen LogP contribution in [0.4, 0.5) is 0 Å². The molecule has 1 N–H and O–H groups in total. The molecule has 1 aliphatic heterocycles. The van der Waals surface area contributed by atoms with Crippen LogP contribution in [-0.2, 0) is 11.3 Å². The smallest absolute Gasteiger partial charge is 0.166 e. The molecule has 2 rings (SSSR count). The van der Waals surface area contributed by atoms with Crippen LogP contribution in [-0.4, -0.2) is 42.5 Å². The van der Waals surface area contributed by atoms with Gasteiger partial charge in [-0.25, -0.2) is 0 Å². The van der Waals surface area contributed by atoms with Crippen molar-refractivity contribution in [2.75, 3.05) is 20.2 Å². The predicted octanol–water partition coefficient (Wildman–Crippen LogP) is 1.44. The van der Waals surface area contributed by atoms with Gasteiger partial charge in [0.1, 0.15) is 0 Å². The van der Waals surface area contributed by atoms with Gasteiger partial charge in [0, 0.05) is 32.9 Å². The van der Waals surface area contributed by atoms with Gasteiger partial charge in [0.05, 0.1) is 11.8 Å². The highest BCUT2D eigenvalue weighted by Crippen LogP contribution is 2.15. The summed E-state index contributed by atoms with van der Waals surface area (Å²) in [4.78, 5) is 15.9. The monoisotopic (exact) mass is 222 g/mol. The highest BCUT2D eigenvalue weighted by molar-refractivity contribution is 5.72. The lowest BCUT2D eigenvalue weighted by molar-refractivity contribution is 0.0389. The second-order valence-electron chi connectivity index (χ2n) is 4.29. The number of nitrogens with one attached hydrogen (secondary N) is 1. The van der Waals surface area contributed by atoms with Crippen LogP contribution in [0.3, 0.4) is 0 Å². The lowest BCUT2D eigenvalue weighted by atomic mass is 10.1. The summed E-state index contributed by atoms with van der Waals surface area (Å²) in [6, 6.07) is 1.91. The van der Waals surface area contributed by atoms with Crippen LogP contribution in [0.5, 0.6) is 0 Å². The minimum atomic E-state index is 0.424. The first-order valence-corrected chi connectivity index (χ1v) is 5.69. The number of hydrogen-bond acceptors (Lipinski definition) is 3. The molecule has 0 unspecified atom stereocenters. The molecule has 1 fully saturated rings. The van der Waals surface area contributed by atoms with Crippen molar-refractivity contribution in [2.45, 2.75) is 25.5 Å². The molecule has 4 nitrogen and oxygen atoms in total. The number of carbonyl (C=O) groups excluding carboxylic acids is 1. The molecule has 1 aromatic heterocycles. The molecular weight excluding hydrogens is 204 g/mol. The van der Waals surface area contributed by atoms with E-state index in [1.54, 1.807) is 7.11 Å². The van der Waals surface area contributed by atoms with E-state index in [2.05, 4.69) is 9.88 Å². The zero-order chi connectivity index (χ0) is 11.4. The van der Waals surface area contributed by atoms with Crippen LogP contribution in [0.2, 0.25) is 0 Å². The van der Waals surface area contributed by atoms with E-state index in [4.69, 9.17) is 4.74 Å². The molecule has 0 atom stereocenters. The number of ether oxygens (including phenoxy) is 1. The van der Waals surface area contributed by atoms with Gasteiger partial charge in [-0.3, -0.25) is 9.69 Å². The molecule has 1 aliphatic rings. The number of aldehydes is 1. The fourth-order valence-electron chi connectivity index (χ4n) is 2.18.